The highest BCUT2D eigenvalue weighted by atomic mass is 32.2. The predicted octanol–water partition coefficient (Wildman–Crippen LogP) is 1.25. The quantitative estimate of drug-likeness (QED) is 0.840. The van der Waals surface area contributed by atoms with Crippen LogP contribution < -0.4 is 9.46 Å². The number of aromatic nitrogens is 2. The molecule has 0 saturated carbocycles. The van der Waals surface area contributed by atoms with E-state index in [4.69, 9.17) is 4.74 Å². The molecule has 6 nitrogen and oxygen atoms in total. The summed E-state index contributed by atoms with van der Waals surface area (Å²) in [5, 5.41) is 0. The van der Waals surface area contributed by atoms with E-state index in [0.29, 0.717) is 18.7 Å². The first-order chi connectivity index (χ1) is 9.53. The van der Waals surface area contributed by atoms with Gasteiger partial charge < -0.3 is 9.72 Å². The molecule has 0 atom stereocenters. The Bertz CT molecular complexity index is 666. The zero-order valence-electron chi connectivity index (χ0n) is 11.4. The summed E-state index contributed by atoms with van der Waals surface area (Å²) in [5.41, 5.74) is 0.779. The summed E-state index contributed by atoms with van der Waals surface area (Å²) in [4.78, 5) is 7.20. The number of nitrogens with one attached hydrogen (secondary N) is 2. The number of sulfonamides is 1. The summed E-state index contributed by atoms with van der Waals surface area (Å²) in [7, 11) is -1.95. The Hall–Kier alpha value is -1.86. The Balaban J connectivity index is 2.04. The molecule has 0 radical (unpaired) electrons. The second-order valence-corrected chi connectivity index (χ2v) is 6.08. The average Bonchev–Trinajstić information content (AvgIpc) is 2.91. The highest BCUT2D eigenvalue weighted by Crippen LogP contribution is 2.21. The summed E-state index contributed by atoms with van der Waals surface area (Å²) in [6.45, 7) is 2.10. The van der Waals surface area contributed by atoms with Gasteiger partial charge in [-0.3, -0.25) is 0 Å². The molecular weight excluding hydrogens is 278 g/mol. The lowest BCUT2D eigenvalue weighted by atomic mass is 10.2. The maximum Gasteiger partial charge on any atom is 0.240 e. The van der Waals surface area contributed by atoms with Crippen molar-refractivity contribution >= 4 is 10.0 Å². The lowest BCUT2D eigenvalue weighted by Crippen LogP contribution is -2.26. The molecule has 2 rings (SSSR count). The molecule has 0 aliphatic carbocycles. The molecule has 2 aromatic rings. The van der Waals surface area contributed by atoms with Gasteiger partial charge in [-0.1, -0.05) is 0 Å². The van der Waals surface area contributed by atoms with Crippen molar-refractivity contribution < 1.29 is 13.2 Å². The smallest absolute Gasteiger partial charge is 0.240 e. The van der Waals surface area contributed by atoms with Crippen molar-refractivity contribution in [2.75, 3.05) is 13.7 Å². The van der Waals surface area contributed by atoms with Crippen LogP contribution in [0.2, 0.25) is 0 Å². The lowest BCUT2D eigenvalue weighted by molar-refractivity contribution is 0.411. The number of aromatic amines is 1. The zero-order chi connectivity index (χ0) is 14.6. The van der Waals surface area contributed by atoms with Crippen LogP contribution in [0, 0.1) is 6.92 Å². The van der Waals surface area contributed by atoms with Crippen LogP contribution in [0.4, 0.5) is 0 Å². The maximum absolute atomic E-state index is 12.1. The van der Waals surface area contributed by atoms with Crippen LogP contribution in [-0.2, 0) is 16.4 Å². The molecule has 0 saturated heterocycles. The van der Waals surface area contributed by atoms with E-state index in [2.05, 4.69) is 14.7 Å². The second kappa shape index (κ2) is 6.06. The molecule has 0 fully saturated rings. The van der Waals surface area contributed by atoms with E-state index in [9.17, 15) is 8.42 Å². The first-order valence-corrected chi connectivity index (χ1v) is 7.64. The topological polar surface area (TPSA) is 84.1 Å². The normalized spacial score (nSPS) is 11.5. The van der Waals surface area contributed by atoms with Gasteiger partial charge in [-0.15, -0.1) is 0 Å². The molecule has 0 aliphatic heterocycles. The minimum absolute atomic E-state index is 0.232. The molecule has 0 spiro atoms. The minimum Gasteiger partial charge on any atom is -0.496 e. The molecule has 7 heteroatoms. The molecule has 0 unspecified atom stereocenters. The Morgan fingerprint density at radius 3 is 2.80 bits per heavy atom. The average molecular weight is 295 g/mol. The Morgan fingerprint density at radius 2 is 2.20 bits per heavy atom. The molecule has 0 amide bonds. The number of ether oxygens (including phenoxy) is 1. The molecule has 0 bridgehead atoms. The Morgan fingerprint density at radius 1 is 1.40 bits per heavy atom. The van der Waals surface area contributed by atoms with E-state index in [1.807, 2.05) is 0 Å². The Kier molecular flexibility index (Phi) is 4.41. The maximum atomic E-state index is 12.1. The van der Waals surface area contributed by atoms with Gasteiger partial charge in [-0.2, -0.15) is 0 Å². The zero-order valence-corrected chi connectivity index (χ0v) is 12.2. The Labute approximate surface area is 118 Å². The van der Waals surface area contributed by atoms with Gasteiger partial charge in [0.25, 0.3) is 0 Å². The third-order valence-electron chi connectivity index (χ3n) is 2.89. The van der Waals surface area contributed by atoms with E-state index in [1.54, 1.807) is 38.6 Å². The van der Waals surface area contributed by atoms with Gasteiger partial charge in [-0.25, -0.2) is 18.1 Å². The van der Waals surface area contributed by atoms with E-state index in [-0.39, 0.29) is 4.90 Å². The number of hydrogen-bond acceptors (Lipinski definition) is 4. The third-order valence-corrected chi connectivity index (χ3v) is 4.34. The number of rotatable bonds is 6. The first kappa shape index (κ1) is 14.5. The van der Waals surface area contributed by atoms with Crippen molar-refractivity contribution in [3.8, 4) is 5.75 Å². The third kappa shape index (κ3) is 3.37. The number of benzene rings is 1. The van der Waals surface area contributed by atoms with Crippen LogP contribution >= 0.6 is 0 Å². The standard InChI is InChI=1S/C13H17N3O3S/c1-10-9-11(3-4-12(10)19-2)20(17,18)16-6-5-13-14-7-8-15-13/h3-4,7-9,16H,5-6H2,1-2H3,(H,14,15). The molecule has 0 aliphatic rings. The van der Waals surface area contributed by atoms with Crippen molar-refractivity contribution in [3.05, 3.63) is 42.0 Å². The van der Waals surface area contributed by atoms with Crippen LogP contribution in [0.15, 0.2) is 35.5 Å². The number of nitrogens with zero attached hydrogens (tertiary/aromatic N) is 1. The summed E-state index contributed by atoms with van der Waals surface area (Å²) in [6, 6.07) is 4.77. The largest absolute Gasteiger partial charge is 0.496 e. The fourth-order valence-electron chi connectivity index (χ4n) is 1.84. The summed E-state index contributed by atoms with van der Waals surface area (Å²) >= 11 is 0. The van der Waals surface area contributed by atoms with Gasteiger partial charge in [0, 0.05) is 25.4 Å². The van der Waals surface area contributed by atoms with Gasteiger partial charge in [-0.05, 0) is 30.7 Å². The van der Waals surface area contributed by atoms with Gasteiger partial charge in [0.2, 0.25) is 10.0 Å². The molecule has 20 heavy (non-hydrogen) atoms. The van der Waals surface area contributed by atoms with Crippen LogP contribution in [0.3, 0.4) is 0 Å². The number of imidazole rings is 1. The number of aryl methyl sites for hydroxylation is 1. The number of H-pyrrole nitrogens is 1. The SMILES string of the molecule is COc1ccc(S(=O)(=O)NCCc2ncc[nH]2)cc1C. The van der Waals surface area contributed by atoms with Crippen molar-refractivity contribution in [2.45, 2.75) is 18.2 Å². The molecule has 108 valence electrons. The van der Waals surface area contributed by atoms with Crippen molar-refractivity contribution in [1.29, 1.82) is 0 Å². The van der Waals surface area contributed by atoms with E-state index < -0.39 is 10.0 Å². The van der Waals surface area contributed by atoms with Crippen molar-refractivity contribution in [2.24, 2.45) is 0 Å². The van der Waals surface area contributed by atoms with E-state index in [1.165, 1.54) is 6.07 Å². The molecule has 1 heterocycles. The lowest BCUT2D eigenvalue weighted by Gasteiger charge is -2.09. The van der Waals surface area contributed by atoms with Gasteiger partial charge in [0.15, 0.2) is 0 Å². The monoisotopic (exact) mass is 295 g/mol. The van der Waals surface area contributed by atoms with E-state index >= 15 is 0 Å². The number of hydrogen-bond donors (Lipinski definition) is 2. The van der Waals surface area contributed by atoms with Crippen LogP contribution in [0.1, 0.15) is 11.4 Å². The van der Waals surface area contributed by atoms with E-state index in [0.717, 1.165) is 11.4 Å². The highest BCUT2D eigenvalue weighted by molar-refractivity contribution is 7.89. The summed E-state index contributed by atoms with van der Waals surface area (Å²) in [5.74, 6) is 1.41. The van der Waals surface area contributed by atoms with Crippen LogP contribution in [0.5, 0.6) is 5.75 Å². The fourth-order valence-corrected chi connectivity index (χ4v) is 2.96. The molecular formula is C13H17N3O3S. The number of methoxy groups -OCH3 is 1. The van der Waals surface area contributed by atoms with Gasteiger partial charge in [0.05, 0.1) is 12.0 Å². The first-order valence-electron chi connectivity index (χ1n) is 6.15. The summed E-state index contributed by atoms with van der Waals surface area (Å²) < 4.78 is 31.9. The molecule has 2 N–H and O–H groups in total. The summed E-state index contributed by atoms with van der Waals surface area (Å²) in [6.07, 6.45) is 3.86. The highest BCUT2D eigenvalue weighted by Gasteiger charge is 2.14. The van der Waals surface area contributed by atoms with Crippen molar-refractivity contribution in [1.82, 2.24) is 14.7 Å². The second-order valence-electron chi connectivity index (χ2n) is 4.32. The molecule has 1 aromatic carbocycles. The molecule has 1 aromatic heterocycles. The van der Waals surface area contributed by atoms with Crippen LogP contribution in [0.25, 0.3) is 0 Å². The minimum atomic E-state index is -3.51. The fraction of sp³-hybridized carbons (Fsp3) is 0.308. The van der Waals surface area contributed by atoms with Crippen molar-refractivity contribution in [3.63, 3.8) is 0 Å². The van der Waals surface area contributed by atoms with Gasteiger partial charge >= 0.3 is 0 Å². The van der Waals surface area contributed by atoms with Gasteiger partial charge in [0.1, 0.15) is 11.6 Å². The van der Waals surface area contributed by atoms with Crippen LogP contribution in [-0.4, -0.2) is 32.0 Å². The predicted molar refractivity (Wildman–Crippen MR) is 75.2 cm³/mol.